The molecular formula is C16H57N4Na7O30S8. The predicted molar refractivity (Wildman–Crippen MR) is 197 cm³/mol. The van der Waals surface area contributed by atoms with Gasteiger partial charge in [0.25, 0.3) is 10.1 Å². The molecule has 1 rings (SSSR count). The van der Waals surface area contributed by atoms with E-state index in [9.17, 15) is 51.5 Å². The van der Waals surface area contributed by atoms with Crippen LogP contribution in [0.1, 0.15) is 31.1 Å². The van der Waals surface area contributed by atoms with Gasteiger partial charge in [0.2, 0.25) is 0 Å². The largest absolute Gasteiger partial charge is 1.00 e. The fourth-order valence-electron chi connectivity index (χ4n) is 0.647. The van der Waals surface area contributed by atoms with Crippen molar-refractivity contribution < 1.29 is 342 Å². The summed E-state index contributed by atoms with van der Waals surface area (Å²) in [6.07, 6.45) is 0. The third kappa shape index (κ3) is 416. The summed E-state index contributed by atoms with van der Waals surface area (Å²) in [5, 5.41) is 24.8. The molecule has 1 atom stereocenters. The van der Waals surface area contributed by atoms with Crippen LogP contribution in [0.5, 0.6) is 0 Å². The number of aliphatic hydroxyl groups is 2. The molecule has 0 bridgehead atoms. The number of epoxide rings is 1. The van der Waals surface area contributed by atoms with Crippen LogP contribution in [0.3, 0.4) is 0 Å². The molecule has 0 aromatic carbocycles. The molecule has 0 aliphatic carbocycles. The molecule has 1 heterocycles. The molecule has 1 aliphatic rings. The SMILES string of the molecule is C.C.C.C.C1CO1.N.NCCS(=O)(=O)O.NCCS(=O)(=O)[O-].NCCS(=O)O[O-].O.O=S(=O)(O)O.O=S(=O)([O-])CCO.O=S(=O)([O-])CCO.O=S(=O)([O-])[O-].O=S(=O)=O.[H-].[Na+].[Na+].[Na+].[Na+].[Na+].[Na+].[Na+]. The first kappa shape index (κ1) is 139. The van der Waals surface area contributed by atoms with Crippen molar-refractivity contribution in [3.8, 4) is 0 Å². The fourth-order valence-corrected chi connectivity index (χ4v) is 1.94. The number of nitrogens with two attached hydrogens (primary N) is 3. The molecule has 0 spiro atoms. The third-order valence-electron chi connectivity index (χ3n) is 1.99. The van der Waals surface area contributed by atoms with Crippen molar-refractivity contribution >= 4 is 83.0 Å². The van der Waals surface area contributed by atoms with Gasteiger partial charge in [0.15, 0.2) is 0 Å². The first-order chi connectivity index (χ1) is 22.8. The van der Waals surface area contributed by atoms with Crippen molar-refractivity contribution in [2.75, 3.05) is 74.8 Å². The van der Waals surface area contributed by atoms with E-state index in [1.165, 1.54) is 0 Å². The maximum Gasteiger partial charge on any atom is 1.00 e. The Bertz CT molecular complexity index is 1480. The van der Waals surface area contributed by atoms with E-state index in [0.717, 1.165) is 13.2 Å². The Morgan fingerprint density at radius 3 is 0.738 bits per heavy atom. The second kappa shape index (κ2) is 86.5. The van der Waals surface area contributed by atoms with Crippen molar-refractivity contribution in [1.29, 1.82) is 0 Å². The Morgan fingerprint density at radius 2 is 0.723 bits per heavy atom. The first-order valence-electron chi connectivity index (χ1n) is 11.3. The van der Waals surface area contributed by atoms with E-state index in [-0.39, 0.29) is 281 Å². The normalized spacial score (nSPS) is 9.82. The monoisotopic (exact) mass is 1200 g/mol. The summed E-state index contributed by atoms with van der Waals surface area (Å²) in [6.45, 7) is 0.914. The van der Waals surface area contributed by atoms with Gasteiger partial charge in [-0.05, 0) is 0 Å². The van der Waals surface area contributed by atoms with Crippen molar-refractivity contribution in [3.05, 3.63) is 0 Å². The quantitative estimate of drug-likeness (QED) is 0.0232. The molecule has 0 radical (unpaired) electrons. The standard InChI is InChI=1S/3C2H7NO3S.2C2H6O4S.C2H4O.4CH4.H3N.7Na.2H2O4S.O3S.H2O.H/c2*3-1-2-7(4,5)6;3-1-2-7(5)6-4;2*3-1-2-7(4,5)6;1-2-3-1;;;;;;;;;;;;;2*1-5(2,3)4;1-4(2)3;;/h2*1-3H2,(H,4,5,6);4H,1-3H2;2*3H,1-2H2,(H,4,5,6);1-2H2;4*1H4;1H3;;;;;;;;2*(H2,1,2,3,4);;1H2;/q;;;;;;;;;;;7*+1;;;;;-1/p-6. The third-order valence-corrected chi connectivity index (χ3v) is 5.56. The molecule has 376 valence electrons. The van der Waals surface area contributed by atoms with Crippen LogP contribution >= 0.6 is 0 Å². The molecule has 1 unspecified atom stereocenters. The topological polar surface area (TPSA) is 679 Å². The Morgan fingerprint density at radius 1 is 0.538 bits per heavy atom. The molecule has 34 nitrogen and oxygen atoms in total. The number of hydrogen-bond donors (Lipinski definition) is 9. The summed E-state index contributed by atoms with van der Waals surface area (Å²) < 4.78 is 222. The molecule has 0 aromatic heterocycles. The number of ether oxygens (including phenoxy) is 1. The molecule has 65 heavy (non-hydrogen) atoms. The van der Waals surface area contributed by atoms with Gasteiger partial charge < -0.3 is 77.6 Å². The van der Waals surface area contributed by atoms with Gasteiger partial charge in [-0.1, -0.05) is 29.7 Å². The van der Waals surface area contributed by atoms with Crippen molar-refractivity contribution in [2.24, 2.45) is 17.2 Å². The fraction of sp³-hybridized carbons (Fsp3) is 1.00. The van der Waals surface area contributed by atoms with Crippen LogP contribution in [-0.4, -0.2) is 194 Å². The van der Waals surface area contributed by atoms with Gasteiger partial charge in [-0.2, -0.15) is 16.8 Å². The minimum Gasteiger partial charge on any atom is -1.00 e. The predicted octanol–water partition coefficient (Wildman–Crippen LogP) is -29.7. The van der Waals surface area contributed by atoms with Crippen LogP contribution in [0.4, 0.5) is 0 Å². The molecule has 0 aromatic rings. The van der Waals surface area contributed by atoms with Gasteiger partial charge in [0.05, 0.1) is 85.5 Å². The molecule has 0 amide bonds. The number of rotatable bonds is 11. The summed E-state index contributed by atoms with van der Waals surface area (Å²) in [4.78, 5) is 0. The summed E-state index contributed by atoms with van der Waals surface area (Å²) in [5.41, 5.74) is 14.4. The Balaban J connectivity index is -0.0000000162. The van der Waals surface area contributed by atoms with Gasteiger partial charge in [-0.15, -0.1) is 12.6 Å². The first-order valence-corrected chi connectivity index (χ1v) is 22.6. The summed E-state index contributed by atoms with van der Waals surface area (Å²) in [5.74, 6) is -2.08. The minimum atomic E-state index is -5.17. The van der Waals surface area contributed by atoms with E-state index in [2.05, 4.69) is 9.07 Å². The van der Waals surface area contributed by atoms with E-state index in [0.29, 0.717) is 0 Å². The number of hydrogen-bond acceptors (Lipinski definition) is 30. The Hall–Kier alpha value is 5.75. The van der Waals surface area contributed by atoms with Gasteiger partial charge in [0, 0.05) is 30.0 Å². The van der Waals surface area contributed by atoms with Gasteiger partial charge in [0.1, 0.15) is 11.1 Å². The second-order valence-electron chi connectivity index (χ2n) is 6.63. The maximum absolute atomic E-state index is 9.91. The van der Waals surface area contributed by atoms with E-state index < -0.39 is 113 Å². The molecule has 16 N–H and O–H groups in total. The molecule has 49 heteroatoms. The number of aliphatic hydroxyl groups excluding tert-OH is 2. The molecule has 0 saturated carbocycles. The van der Waals surface area contributed by atoms with Gasteiger partial charge >= 0.3 is 228 Å². The van der Waals surface area contributed by atoms with Crippen LogP contribution in [0, 0.1) is 0 Å². The van der Waals surface area contributed by atoms with Crippen LogP contribution in [-0.2, 0) is 92.0 Å². The van der Waals surface area contributed by atoms with Gasteiger partial charge in [-0.25, -0.2) is 29.5 Å². The van der Waals surface area contributed by atoms with Crippen LogP contribution in [0.2, 0.25) is 0 Å². The Kier molecular flexibility index (Phi) is 185. The van der Waals surface area contributed by atoms with Crippen LogP contribution in [0.25, 0.3) is 0 Å². The minimum absolute atomic E-state index is 0. The zero-order valence-corrected chi connectivity index (χ0v) is 54.3. The average Bonchev–Trinajstić information content (AvgIpc) is 3.70. The average molecular weight is 1200 g/mol. The second-order valence-corrected chi connectivity index (χ2v) is 16.0. The van der Waals surface area contributed by atoms with E-state index in [1.807, 2.05) is 0 Å². The molecule has 1 aliphatic heterocycles. The summed E-state index contributed by atoms with van der Waals surface area (Å²) in [6, 6.07) is 0. The van der Waals surface area contributed by atoms with E-state index >= 15 is 0 Å². The van der Waals surface area contributed by atoms with Crippen molar-refractivity contribution in [1.82, 2.24) is 6.15 Å². The van der Waals surface area contributed by atoms with Crippen LogP contribution < -0.4 is 236 Å². The van der Waals surface area contributed by atoms with Crippen LogP contribution in [0.15, 0.2) is 0 Å². The maximum atomic E-state index is 9.91. The van der Waals surface area contributed by atoms with E-state index in [1.54, 1.807) is 0 Å². The van der Waals surface area contributed by atoms with E-state index in [4.69, 9.17) is 84.9 Å². The van der Waals surface area contributed by atoms with Gasteiger partial charge in [-0.3, -0.25) is 22.1 Å². The summed E-state index contributed by atoms with van der Waals surface area (Å²) in [7, 11) is -29.1. The molecular weight excluding hydrogens is 1150 g/mol. The Labute approximate surface area is 543 Å². The summed E-state index contributed by atoms with van der Waals surface area (Å²) >= 11 is -1.71. The molecule has 1 saturated heterocycles. The smallest absolute Gasteiger partial charge is 1.00 e. The molecule has 1 fully saturated rings. The van der Waals surface area contributed by atoms with Crippen molar-refractivity contribution in [3.63, 3.8) is 0 Å². The zero-order valence-electron chi connectivity index (χ0n) is 34.7. The van der Waals surface area contributed by atoms with Crippen molar-refractivity contribution in [2.45, 2.75) is 29.7 Å². The zero-order chi connectivity index (χ0) is 44.1.